The molecule has 0 radical (unpaired) electrons. The fraction of sp³-hybridized carbons (Fsp3) is 0.300. The molecule has 2 unspecified atom stereocenters. The van der Waals surface area contributed by atoms with E-state index in [9.17, 15) is 0 Å². The third-order valence-electron chi connectivity index (χ3n) is 4.76. The number of hydrogen-bond acceptors (Lipinski definition) is 0. The lowest BCUT2D eigenvalue weighted by atomic mass is 9.91. The first-order chi connectivity index (χ1) is 10.3. The molecule has 1 nitrogen and oxygen atoms in total. The first-order valence-electron chi connectivity index (χ1n) is 7.93. The standard InChI is InChI=1S/C20H21N/c1-14-6-8-16-11-15(12-18(16)10-14)7-9-17-13-21-20-5-3-2-4-19(17)20/h2-6,8,10-11,13-14,16,21H,7,9,12H2,1H3. The third kappa shape index (κ3) is 2.37. The number of para-hydroxylation sites is 1. The van der Waals surface area contributed by atoms with E-state index in [1.54, 1.807) is 11.1 Å². The Kier molecular flexibility index (Phi) is 3.07. The lowest BCUT2D eigenvalue weighted by Gasteiger charge is -2.14. The summed E-state index contributed by atoms with van der Waals surface area (Å²) < 4.78 is 0. The van der Waals surface area contributed by atoms with E-state index < -0.39 is 0 Å². The first-order valence-corrected chi connectivity index (χ1v) is 7.93. The number of H-pyrrole nitrogens is 1. The van der Waals surface area contributed by atoms with Gasteiger partial charge in [0.05, 0.1) is 0 Å². The van der Waals surface area contributed by atoms with Crippen molar-refractivity contribution in [3.05, 3.63) is 71.5 Å². The second-order valence-corrected chi connectivity index (χ2v) is 6.37. The summed E-state index contributed by atoms with van der Waals surface area (Å²) in [5, 5.41) is 1.38. The second kappa shape index (κ2) is 5.07. The minimum Gasteiger partial charge on any atom is -0.361 e. The Labute approximate surface area is 126 Å². The van der Waals surface area contributed by atoms with E-state index in [1.165, 1.54) is 29.3 Å². The number of allylic oxidation sites excluding steroid dienone is 6. The van der Waals surface area contributed by atoms with Crippen LogP contribution in [0.15, 0.2) is 65.9 Å². The van der Waals surface area contributed by atoms with Gasteiger partial charge in [0.15, 0.2) is 0 Å². The fourth-order valence-electron chi connectivity index (χ4n) is 3.64. The van der Waals surface area contributed by atoms with Gasteiger partial charge in [-0.25, -0.2) is 0 Å². The van der Waals surface area contributed by atoms with Crippen molar-refractivity contribution >= 4 is 10.9 Å². The summed E-state index contributed by atoms with van der Waals surface area (Å²) in [6, 6.07) is 8.59. The molecular formula is C20H21N. The summed E-state index contributed by atoms with van der Waals surface area (Å²) in [5.74, 6) is 1.19. The average molecular weight is 275 g/mol. The van der Waals surface area contributed by atoms with Crippen LogP contribution in [0.2, 0.25) is 0 Å². The molecule has 0 spiro atoms. The van der Waals surface area contributed by atoms with Crippen LogP contribution in [0.4, 0.5) is 0 Å². The zero-order valence-corrected chi connectivity index (χ0v) is 12.5. The monoisotopic (exact) mass is 275 g/mol. The predicted octanol–water partition coefficient (Wildman–Crippen LogP) is 5.18. The van der Waals surface area contributed by atoms with Gasteiger partial charge in [-0.15, -0.1) is 0 Å². The molecule has 2 aromatic rings. The Morgan fingerprint density at radius 3 is 2.95 bits per heavy atom. The molecule has 0 saturated carbocycles. The second-order valence-electron chi connectivity index (χ2n) is 6.37. The number of fused-ring (bicyclic) bond motifs is 2. The van der Waals surface area contributed by atoms with Gasteiger partial charge >= 0.3 is 0 Å². The number of hydrogen-bond donors (Lipinski definition) is 1. The number of nitrogens with one attached hydrogen (secondary N) is 1. The molecule has 0 bridgehead atoms. The zero-order chi connectivity index (χ0) is 14.2. The average Bonchev–Trinajstić information content (AvgIpc) is 3.08. The maximum absolute atomic E-state index is 3.38. The van der Waals surface area contributed by atoms with Crippen molar-refractivity contribution in [1.29, 1.82) is 0 Å². The van der Waals surface area contributed by atoms with Crippen LogP contribution in [0.5, 0.6) is 0 Å². The fourth-order valence-corrected chi connectivity index (χ4v) is 3.64. The van der Waals surface area contributed by atoms with E-state index >= 15 is 0 Å². The summed E-state index contributed by atoms with van der Waals surface area (Å²) in [6.45, 7) is 2.27. The molecule has 2 aliphatic rings. The molecular weight excluding hydrogens is 254 g/mol. The summed E-state index contributed by atoms with van der Waals surface area (Å²) >= 11 is 0. The van der Waals surface area contributed by atoms with Gasteiger partial charge in [-0.05, 0) is 36.8 Å². The smallest absolute Gasteiger partial charge is 0.0456 e. The van der Waals surface area contributed by atoms with Gasteiger partial charge in [-0.2, -0.15) is 0 Å². The van der Waals surface area contributed by atoms with E-state index in [0.717, 1.165) is 6.42 Å². The molecule has 21 heavy (non-hydrogen) atoms. The highest BCUT2D eigenvalue weighted by molar-refractivity contribution is 5.83. The highest BCUT2D eigenvalue weighted by Crippen LogP contribution is 2.37. The van der Waals surface area contributed by atoms with Crippen LogP contribution < -0.4 is 0 Å². The lowest BCUT2D eigenvalue weighted by molar-refractivity contribution is 0.822. The van der Waals surface area contributed by atoms with E-state index in [2.05, 4.69) is 66.7 Å². The van der Waals surface area contributed by atoms with E-state index in [0.29, 0.717) is 11.8 Å². The largest absolute Gasteiger partial charge is 0.361 e. The molecule has 1 heterocycles. The number of aromatic nitrogens is 1. The van der Waals surface area contributed by atoms with Crippen LogP contribution in [0, 0.1) is 11.8 Å². The van der Waals surface area contributed by atoms with Crippen molar-refractivity contribution in [3.63, 3.8) is 0 Å². The van der Waals surface area contributed by atoms with Gasteiger partial charge < -0.3 is 4.98 Å². The van der Waals surface area contributed by atoms with Crippen molar-refractivity contribution in [2.45, 2.75) is 26.2 Å². The summed E-state index contributed by atoms with van der Waals surface area (Å²) in [5.41, 5.74) is 5.91. The van der Waals surface area contributed by atoms with Gasteiger partial charge in [-0.3, -0.25) is 0 Å². The molecule has 0 amide bonds. The highest BCUT2D eigenvalue weighted by Gasteiger charge is 2.21. The Bertz CT molecular complexity index is 757. The Morgan fingerprint density at radius 2 is 2.00 bits per heavy atom. The van der Waals surface area contributed by atoms with Crippen molar-refractivity contribution in [1.82, 2.24) is 4.98 Å². The van der Waals surface area contributed by atoms with Crippen LogP contribution in [-0.2, 0) is 6.42 Å². The van der Waals surface area contributed by atoms with Gasteiger partial charge in [0.25, 0.3) is 0 Å². The van der Waals surface area contributed by atoms with Gasteiger partial charge in [0, 0.05) is 23.0 Å². The highest BCUT2D eigenvalue weighted by atomic mass is 14.7. The lowest BCUT2D eigenvalue weighted by Crippen LogP contribution is -2.00. The van der Waals surface area contributed by atoms with Crippen LogP contribution in [-0.4, -0.2) is 4.98 Å². The minimum absolute atomic E-state index is 0.583. The van der Waals surface area contributed by atoms with Crippen LogP contribution in [0.25, 0.3) is 10.9 Å². The summed E-state index contributed by atoms with van der Waals surface area (Å²) in [4.78, 5) is 3.38. The maximum atomic E-state index is 3.38. The Morgan fingerprint density at radius 1 is 1.10 bits per heavy atom. The van der Waals surface area contributed by atoms with Gasteiger partial charge in [-0.1, -0.05) is 60.6 Å². The molecule has 1 aromatic carbocycles. The molecule has 0 saturated heterocycles. The molecule has 2 aliphatic carbocycles. The molecule has 0 fully saturated rings. The number of aryl methyl sites for hydroxylation is 1. The normalized spacial score (nSPS) is 24.0. The van der Waals surface area contributed by atoms with E-state index in [-0.39, 0.29) is 0 Å². The quantitative estimate of drug-likeness (QED) is 0.743. The number of aromatic amines is 1. The Balaban J connectivity index is 1.48. The number of benzene rings is 1. The molecule has 1 aromatic heterocycles. The number of rotatable bonds is 3. The molecule has 106 valence electrons. The van der Waals surface area contributed by atoms with Crippen LogP contribution >= 0.6 is 0 Å². The molecule has 4 rings (SSSR count). The molecule has 1 heteroatoms. The van der Waals surface area contributed by atoms with Crippen molar-refractivity contribution in [2.24, 2.45) is 11.8 Å². The topological polar surface area (TPSA) is 15.8 Å². The Hall–Kier alpha value is -2.02. The SMILES string of the molecule is CC1C=CC2C=C(CCc3c[nH]c4ccccc34)CC2=C1. The molecule has 0 aliphatic heterocycles. The van der Waals surface area contributed by atoms with Crippen molar-refractivity contribution in [3.8, 4) is 0 Å². The van der Waals surface area contributed by atoms with E-state index in [4.69, 9.17) is 0 Å². The van der Waals surface area contributed by atoms with Crippen molar-refractivity contribution < 1.29 is 0 Å². The van der Waals surface area contributed by atoms with Crippen LogP contribution in [0.1, 0.15) is 25.3 Å². The van der Waals surface area contributed by atoms with Gasteiger partial charge in [0.2, 0.25) is 0 Å². The van der Waals surface area contributed by atoms with Crippen LogP contribution in [0.3, 0.4) is 0 Å². The summed E-state index contributed by atoms with van der Waals surface area (Å²) in [6.07, 6.45) is 15.3. The predicted molar refractivity (Wildman–Crippen MR) is 89.2 cm³/mol. The van der Waals surface area contributed by atoms with E-state index in [1.807, 2.05) is 0 Å². The molecule has 1 N–H and O–H groups in total. The zero-order valence-electron chi connectivity index (χ0n) is 12.5. The summed E-state index contributed by atoms with van der Waals surface area (Å²) in [7, 11) is 0. The molecule has 2 atom stereocenters. The minimum atomic E-state index is 0.583. The van der Waals surface area contributed by atoms with Gasteiger partial charge in [0.1, 0.15) is 0 Å². The maximum Gasteiger partial charge on any atom is 0.0456 e. The van der Waals surface area contributed by atoms with Crippen molar-refractivity contribution in [2.75, 3.05) is 0 Å². The third-order valence-corrected chi connectivity index (χ3v) is 4.76. The first kappa shape index (κ1) is 12.7.